The van der Waals surface area contributed by atoms with E-state index in [1.165, 1.54) is 0 Å². The molecular formula is C17H30N6. The Balaban J connectivity index is 1.99. The van der Waals surface area contributed by atoms with Gasteiger partial charge in [-0.1, -0.05) is 6.92 Å². The highest BCUT2D eigenvalue weighted by Gasteiger charge is 2.16. The minimum Gasteiger partial charge on any atom is -0.370 e. The quantitative estimate of drug-likeness (QED) is 0.634. The maximum absolute atomic E-state index is 6.04. The molecule has 0 spiro atoms. The van der Waals surface area contributed by atoms with E-state index >= 15 is 0 Å². The summed E-state index contributed by atoms with van der Waals surface area (Å²) in [5, 5.41) is 0. The third-order valence-corrected chi connectivity index (χ3v) is 4.46. The van der Waals surface area contributed by atoms with Crippen LogP contribution in [0.2, 0.25) is 0 Å². The lowest BCUT2D eigenvalue weighted by Gasteiger charge is -2.34. The van der Waals surface area contributed by atoms with E-state index in [2.05, 4.69) is 51.5 Å². The van der Waals surface area contributed by atoms with Crippen LogP contribution in [0.4, 0.5) is 5.82 Å². The molecule has 0 saturated carbocycles. The summed E-state index contributed by atoms with van der Waals surface area (Å²) in [4.78, 5) is 15.9. The van der Waals surface area contributed by atoms with Crippen molar-refractivity contribution in [2.75, 3.05) is 50.7 Å². The monoisotopic (exact) mass is 318 g/mol. The van der Waals surface area contributed by atoms with Gasteiger partial charge in [0.05, 0.1) is 6.54 Å². The van der Waals surface area contributed by atoms with Crippen molar-refractivity contribution in [3.05, 3.63) is 23.9 Å². The van der Waals surface area contributed by atoms with Gasteiger partial charge < -0.3 is 20.4 Å². The van der Waals surface area contributed by atoms with Gasteiger partial charge in [0, 0.05) is 45.5 Å². The molecule has 1 aliphatic rings. The fraction of sp³-hybridized carbons (Fsp3) is 0.647. The average Bonchev–Trinajstić information content (AvgIpc) is 2.61. The first-order valence-corrected chi connectivity index (χ1v) is 8.65. The lowest BCUT2D eigenvalue weighted by Crippen LogP contribution is -2.46. The molecule has 0 aliphatic carbocycles. The fourth-order valence-corrected chi connectivity index (χ4v) is 2.84. The SMILES string of the molecule is CCN1CCN(c2cc(CN=C(N)N(CC)CC)ccn2)CC1. The molecule has 1 aromatic heterocycles. The zero-order chi connectivity index (χ0) is 16.7. The van der Waals surface area contributed by atoms with Gasteiger partial charge >= 0.3 is 0 Å². The molecule has 2 heterocycles. The number of nitrogens with zero attached hydrogens (tertiary/aromatic N) is 5. The van der Waals surface area contributed by atoms with Crippen molar-refractivity contribution in [3.8, 4) is 0 Å². The van der Waals surface area contributed by atoms with Crippen molar-refractivity contribution >= 4 is 11.8 Å². The highest BCUT2D eigenvalue weighted by atomic mass is 15.3. The number of aliphatic imine (C=N–C) groups is 1. The molecule has 0 radical (unpaired) electrons. The molecule has 0 aromatic carbocycles. The summed E-state index contributed by atoms with van der Waals surface area (Å²) in [6.45, 7) is 14.2. The zero-order valence-electron chi connectivity index (χ0n) is 14.7. The van der Waals surface area contributed by atoms with Crippen LogP contribution in [0, 0.1) is 0 Å². The van der Waals surface area contributed by atoms with E-state index < -0.39 is 0 Å². The van der Waals surface area contributed by atoms with Crippen molar-refractivity contribution in [2.24, 2.45) is 10.7 Å². The number of rotatable bonds is 6. The lowest BCUT2D eigenvalue weighted by atomic mass is 10.2. The van der Waals surface area contributed by atoms with E-state index in [0.29, 0.717) is 12.5 Å². The van der Waals surface area contributed by atoms with Crippen LogP contribution in [0.1, 0.15) is 26.3 Å². The zero-order valence-corrected chi connectivity index (χ0v) is 14.7. The fourth-order valence-electron chi connectivity index (χ4n) is 2.84. The summed E-state index contributed by atoms with van der Waals surface area (Å²) in [6, 6.07) is 4.16. The van der Waals surface area contributed by atoms with E-state index in [-0.39, 0.29) is 0 Å². The highest BCUT2D eigenvalue weighted by Crippen LogP contribution is 2.15. The van der Waals surface area contributed by atoms with E-state index in [4.69, 9.17) is 5.73 Å². The first-order valence-electron chi connectivity index (χ1n) is 8.65. The number of guanidine groups is 1. The van der Waals surface area contributed by atoms with Gasteiger partial charge in [-0.3, -0.25) is 0 Å². The molecular weight excluding hydrogens is 288 g/mol. The number of anilines is 1. The van der Waals surface area contributed by atoms with E-state index in [9.17, 15) is 0 Å². The number of pyridine rings is 1. The maximum atomic E-state index is 6.04. The van der Waals surface area contributed by atoms with Crippen LogP contribution < -0.4 is 10.6 Å². The molecule has 1 aliphatic heterocycles. The first-order chi connectivity index (χ1) is 11.2. The van der Waals surface area contributed by atoms with Crippen LogP contribution in [0.15, 0.2) is 23.3 Å². The van der Waals surface area contributed by atoms with Crippen LogP contribution >= 0.6 is 0 Å². The van der Waals surface area contributed by atoms with Gasteiger partial charge in [-0.15, -0.1) is 0 Å². The summed E-state index contributed by atoms with van der Waals surface area (Å²) in [5.74, 6) is 1.67. The number of likely N-dealkylation sites (N-methyl/N-ethyl adjacent to an activating group) is 1. The second-order valence-electron chi connectivity index (χ2n) is 5.79. The predicted molar refractivity (Wildman–Crippen MR) is 96.8 cm³/mol. The minimum absolute atomic E-state index is 0.604. The Morgan fingerprint density at radius 3 is 2.52 bits per heavy atom. The number of piperazine rings is 1. The van der Waals surface area contributed by atoms with Crippen molar-refractivity contribution in [3.63, 3.8) is 0 Å². The lowest BCUT2D eigenvalue weighted by molar-refractivity contribution is 0.270. The van der Waals surface area contributed by atoms with Gasteiger partial charge in [0.25, 0.3) is 0 Å². The van der Waals surface area contributed by atoms with Crippen molar-refractivity contribution < 1.29 is 0 Å². The standard InChI is InChI=1S/C17H30N6/c1-4-21-9-11-23(12-10-21)16-13-15(7-8-19-16)14-20-17(18)22(5-2)6-3/h7-8,13H,4-6,9-12,14H2,1-3H3,(H2,18,20). The molecule has 0 amide bonds. The second-order valence-corrected chi connectivity index (χ2v) is 5.79. The van der Waals surface area contributed by atoms with E-state index in [0.717, 1.165) is 57.2 Å². The Kier molecular flexibility index (Phi) is 6.65. The van der Waals surface area contributed by atoms with Gasteiger partial charge in [0.1, 0.15) is 5.82 Å². The van der Waals surface area contributed by atoms with Crippen molar-refractivity contribution in [1.29, 1.82) is 0 Å². The van der Waals surface area contributed by atoms with E-state index in [1.807, 2.05) is 12.3 Å². The van der Waals surface area contributed by atoms with E-state index in [1.54, 1.807) is 0 Å². The molecule has 0 atom stereocenters. The normalized spacial score (nSPS) is 16.7. The first kappa shape index (κ1) is 17.5. The molecule has 0 bridgehead atoms. The smallest absolute Gasteiger partial charge is 0.191 e. The molecule has 2 rings (SSSR count). The van der Waals surface area contributed by atoms with Gasteiger partial charge in [0.2, 0.25) is 0 Å². The highest BCUT2D eigenvalue weighted by molar-refractivity contribution is 5.78. The summed E-state index contributed by atoms with van der Waals surface area (Å²) in [6.07, 6.45) is 1.87. The molecule has 0 unspecified atom stereocenters. The Hall–Kier alpha value is -1.82. The largest absolute Gasteiger partial charge is 0.370 e. The molecule has 128 valence electrons. The number of hydrogen-bond donors (Lipinski definition) is 1. The Morgan fingerprint density at radius 2 is 1.91 bits per heavy atom. The molecule has 2 N–H and O–H groups in total. The third kappa shape index (κ3) is 4.82. The Morgan fingerprint density at radius 1 is 1.22 bits per heavy atom. The van der Waals surface area contributed by atoms with Crippen LogP contribution in [0.5, 0.6) is 0 Å². The number of hydrogen-bond acceptors (Lipinski definition) is 4. The molecule has 1 aromatic rings. The van der Waals surface area contributed by atoms with Crippen LogP contribution in [-0.2, 0) is 6.54 Å². The average molecular weight is 318 g/mol. The predicted octanol–water partition coefficient (Wildman–Crippen LogP) is 1.38. The molecule has 1 fully saturated rings. The third-order valence-electron chi connectivity index (χ3n) is 4.46. The second kappa shape index (κ2) is 8.72. The van der Waals surface area contributed by atoms with Gasteiger partial charge in [-0.2, -0.15) is 0 Å². The van der Waals surface area contributed by atoms with Gasteiger partial charge in [0.15, 0.2) is 5.96 Å². The van der Waals surface area contributed by atoms with Crippen LogP contribution in [0.25, 0.3) is 0 Å². The number of aromatic nitrogens is 1. The summed E-state index contributed by atoms with van der Waals surface area (Å²) >= 11 is 0. The molecule has 1 saturated heterocycles. The summed E-state index contributed by atoms with van der Waals surface area (Å²) in [7, 11) is 0. The van der Waals surface area contributed by atoms with Crippen molar-refractivity contribution in [1.82, 2.24) is 14.8 Å². The molecule has 23 heavy (non-hydrogen) atoms. The Labute approximate surface area is 140 Å². The summed E-state index contributed by atoms with van der Waals surface area (Å²) < 4.78 is 0. The number of nitrogens with two attached hydrogens (primary N) is 1. The van der Waals surface area contributed by atoms with Crippen molar-refractivity contribution in [2.45, 2.75) is 27.3 Å². The van der Waals surface area contributed by atoms with Crippen LogP contribution in [-0.4, -0.2) is 66.6 Å². The maximum Gasteiger partial charge on any atom is 0.191 e. The van der Waals surface area contributed by atoms with Crippen LogP contribution in [0.3, 0.4) is 0 Å². The minimum atomic E-state index is 0.604. The molecule has 6 nitrogen and oxygen atoms in total. The molecule has 6 heteroatoms. The van der Waals surface area contributed by atoms with Gasteiger partial charge in [-0.05, 0) is 38.1 Å². The van der Waals surface area contributed by atoms with Gasteiger partial charge in [-0.25, -0.2) is 9.98 Å². The topological polar surface area (TPSA) is 61.0 Å². The summed E-state index contributed by atoms with van der Waals surface area (Å²) in [5.41, 5.74) is 7.20. The Bertz CT molecular complexity index is 504.